The van der Waals surface area contributed by atoms with E-state index in [4.69, 9.17) is 4.74 Å². The molecule has 132 valence electrons. The Morgan fingerprint density at radius 2 is 2.23 bits per heavy atom. The van der Waals surface area contributed by atoms with Crippen LogP contribution in [0.1, 0.15) is 15.9 Å². The highest BCUT2D eigenvalue weighted by molar-refractivity contribution is 6.12. The maximum atomic E-state index is 13.8. The quantitative estimate of drug-likeness (QED) is 0.779. The molecular formula is C18H15FN4O3. The molecule has 0 saturated heterocycles. The van der Waals surface area contributed by atoms with Crippen LogP contribution in [-0.2, 0) is 0 Å². The van der Waals surface area contributed by atoms with E-state index in [2.05, 4.69) is 15.6 Å². The summed E-state index contributed by atoms with van der Waals surface area (Å²) in [6, 6.07) is 8.31. The maximum Gasteiger partial charge on any atom is 0.262 e. The third kappa shape index (κ3) is 3.15. The van der Waals surface area contributed by atoms with Crippen molar-refractivity contribution in [3.63, 3.8) is 0 Å². The van der Waals surface area contributed by atoms with E-state index in [1.54, 1.807) is 0 Å². The fourth-order valence-electron chi connectivity index (χ4n) is 2.72. The summed E-state index contributed by atoms with van der Waals surface area (Å²) in [6.45, 7) is 1.11. The Bertz CT molecular complexity index is 950. The first-order valence-electron chi connectivity index (χ1n) is 7.74. The second-order valence-electron chi connectivity index (χ2n) is 5.45. The molecule has 1 amide bonds. The fraction of sp³-hybridized carbons (Fsp3) is 0.167. The van der Waals surface area contributed by atoms with Gasteiger partial charge in [-0.05, 0) is 30.3 Å². The minimum Gasteiger partial charge on any atom is -0.507 e. The number of hydrogen-bond acceptors (Lipinski definition) is 6. The van der Waals surface area contributed by atoms with Crippen molar-refractivity contribution in [2.75, 3.05) is 20.2 Å². The number of nitrogens with zero attached hydrogens (tertiary/aromatic N) is 2. The predicted molar refractivity (Wildman–Crippen MR) is 92.5 cm³/mol. The zero-order chi connectivity index (χ0) is 18.7. The lowest BCUT2D eigenvalue weighted by molar-refractivity contribution is 0.0974. The molecule has 0 saturated carbocycles. The minimum atomic E-state index is -0.672. The van der Waals surface area contributed by atoms with Gasteiger partial charge in [0.05, 0.1) is 30.9 Å². The molecule has 0 aromatic heterocycles. The lowest BCUT2D eigenvalue weighted by Crippen LogP contribution is -2.38. The number of ether oxygens (including phenoxy) is 1. The van der Waals surface area contributed by atoms with Gasteiger partial charge in [-0.2, -0.15) is 5.26 Å². The van der Waals surface area contributed by atoms with Crippen molar-refractivity contribution in [1.29, 1.82) is 5.26 Å². The molecule has 7 nitrogen and oxygen atoms in total. The van der Waals surface area contributed by atoms with E-state index in [9.17, 15) is 19.6 Å². The Hall–Kier alpha value is -3.60. The topological polar surface area (TPSA) is 107 Å². The summed E-state index contributed by atoms with van der Waals surface area (Å²) in [5.74, 6) is -1.05. The number of carbonyl (C=O) groups excluding carboxylic acids is 1. The Kier molecular flexibility index (Phi) is 4.71. The molecule has 0 bridgehead atoms. The SMILES string of the molecule is COc1ccc(F)cc1-c1c(C#N)ccc(O)c1C(=O)NC1=NCCN1. The van der Waals surface area contributed by atoms with Gasteiger partial charge in [0.2, 0.25) is 0 Å². The van der Waals surface area contributed by atoms with Crippen LogP contribution in [0.25, 0.3) is 11.1 Å². The van der Waals surface area contributed by atoms with Gasteiger partial charge in [0, 0.05) is 17.7 Å². The molecule has 3 rings (SSSR count). The number of aliphatic imine (C=N–C) groups is 1. The van der Waals surface area contributed by atoms with Crippen molar-refractivity contribution in [2.45, 2.75) is 0 Å². The summed E-state index contributed by atoms with van der Waals surface area (Å²) in [6.07, 6.45) is 0. The smallest absolute Gasteiger partial charge is 0.262 e. The van der Waals surface area contributed by atoms with Crippen molar-refractivity contribution in [3.05, 3.63) is 47.3 Å². The van der Waals surface area contributed by atoms with Crippen molar-refractivity contribution in [2.24, 2.45) is 4.99 Å². The van der Waals surface area contributed by atoms with Gasteiger partial charge < -0.3 is 15.2 Å². The summed E-state index contributed by atoms with van der Waals surface area (Å²) < 4.78 is 19.1. The summed E-state index contributed by atoms with van der Waals surface area (Å²) in [4.78, 5) is 16.8. The normalized spacial score (nSPS) is 12.7. The van der Waals surface area contributed by atoms with Gasteiger partial charge in [-0.1, -0.05) is 0 Å². The number of hydrogen-bond donors (Lipinski definition) is 3. The van der Waals surface area contributed by atoms with Gasteiger partial charge in [0.1, 0.15) is 17.3 Å². The summed E-state index contributed by atoms with van der Waals surface area (Å²) in [7, 11) is 1.39. The van der Waals surface area contributed by atoms with E-state index in [0.717, 1.165) is 6.07 Å². The number of nitrogens with one attached hydrogen (secondary N) is 2. The minimum absolute atomic E-state index is 0.0833. The predicted octanol–water partition coefficient (Wildman–Crippen LogP) is 1.77. The molecule has 1 aliphatic rings. The number of nitriles is 1. The first kappa shape index (κ1) is 17.2. The van der Waals surface area contributed by atoms with Crippen molar-refractivity contribution in [3.8, 4) is 28.7 Å². The van der Waals surface area contributed by atoms with Crippen LogP contribution in [0.4, 0.5) is 4.39 Å². The largest absolute Gasteiger partial charge is 0.507 e. The number of aromatic hydroxyl groups is 1. The highest BCUT2D eigenvalue weighted by atomic mass is 19.1. The van der Waals surface area contributed by atoms with E-state index in [-0.39, 0.29) is 39.7 Å². The molecule has 0 fully saturated rings. The maximum absolute atomic E-state index is 13.8. The van der Waals surface area contributed by atoms with Gasteiger partial charge in [-0.3, -0.25) is 15.1 Å². The van der Waals surface area contributed by atoms with Gasteiger partial charge in [0.25, 0.3) is 5.91 Å². The number of phenolic OH excluding ortho intramolecular Hbond substituents is 1. The van der Waals surface area contributed by atoms with Gasteiger partial charge in [-0.15, -0.1) is 0 Å². The highest BCUT2D eigenvalue weighted by Gasteiger charge is 2.25. The van der Waals surface area contributed by atoms with Crippen molar-refractivity contribution >= 4 is 11.9 Å². The first-order chi connectivity index (χ1) is 12.5. The summed E-state index contributed by atoms with van der Waals surface area (Å²) in [5, 5.41) is 25.2. The zero-order valence-corrected chi connectivity index (χ0v) is 13.8. The van der Waals surface area contributed by atoms with Gasteiger partial charge >= 0.3 is 0 Å². The van der Waals surface area contributed by atoms with E-state index < -0.39 is 11.7 Å². The molecule has 0 unspecified atom stereocenters. The number of guanidine groups is 1. The van der Waals surface area contributed by atoms with Crippen LogP contribution in [0, 0.1) is 17.1 Å². The van der Waals surface area contributed by atoms with Crippen LogP contribution >= 0.6 is 0 Å². The molecule has 0 spiro atoms. The van der Waals surface area contributed by atoms with Gasteiger partial charge in [-0.25, -0.2) is 4.39 Å². The average Bonchev–Trinajstić information content (AvgIpc) is 3.14. The fourth-order valence-corrected chi connectivity index (χ4v) is 2.72. The Labute approximate surface area is 148 Å². The molecule has 1 aliphatic heterocycles. The monoisotopic (exact) mass is 354 g/mol. The number of rotatable bonds is 3. The molecule has 0 atom stereocenters. The number of phenols is 1. The van der Waals surface area contributed by atoms with Crippen LogP contribution in [0.3, 0.4) is 0 Å². The number of benzene rings is 2. The lowest BCUT2D eigenvalue weighted by Gasteiger charge is -2.16. The lowest BCUT2D eigenvalue weighted by atomic mass is 9.92. The molecule has 2 aromatic rings. The highest BCUT2D eigenvalue weighted by Crippen LogP contribution is 2.38. The molecule has 0 aliphatic carbocycles. The number of halogens is 1. The zero-order valence-electron chi connectivity index (χ0n) is 13.8. The second kappa shape index (κ2) is 7.11. The average molecular weight is 354 g/mol. The molecule has 26 heavy (non-hydrogen) atoms. The molecular weight excluding hydrogens is 339 g/mol. The Morgan fingerprint density at radius 1 is 1.42 bits per heavy atom. The Morgan fingerprint density at radius 3 is 2.88 bits per heavy atom. The van der Waals surface area contributed by atoms with E-state index in [1.807, 2.05) is 6.07 Å². The van der Waals surface area contributed by atoms with Crippen LogP contribution in [-0.4, -0.2) is 37.2 Å². The molecule has 8 heteroatoms. The van der Waals surface area contributed by atoms with Crippen LogP contribution in [0.15, 0.2) is 35.3 Å². The van der Waals surface area contributed by atoms with Crippen molar-refractivity contribution < 1.29 is 19.0 Å². The van der Waals surface area contributed by atoms with E-state index in [0.29, 0.717) is 13.1 Å². The number of carbonyl (C=O) groups is 1. The van der Waals surface area contributed by atoms with E-state index in [1.165, 1.54) is 31.4 Å². The number of amides is 1. The molecule has 2 aromatic carbocycles. The van der Waals surface area contributed by atoms with Crippen LogP contribution < -0.4 is 15.4 Å². The first-order valence-corrected chi connectivity index (χ1v) is 7.74. The van der Waals surface area contributed by atoms with Crippen molar-refractivity contribution in [1.82, 2.24) is 10.6 Å². The third-order valence-electron chi connectivity index (χ3n) is 3.87. The van der Waals surface area contributed by atoms with E-state index >= 15 is 0 Å². The molecule has 1 heterocycles. The van der Waals surface area contributed by atoms with Crippen LogP contribution in [0.5, 0.6) is 11.5 Å². The third-order valence-corrected chi connectivity index (χ3v) is 3.87. The standard InChI is InChI=1S/C18H15FN4O3/c1-26-14-5-3-11(19)8-12(14)15-10(9-20)2-4-13(24)16(15)17(25)23-18-21-6-7-22-18/h2-5,8,24H,6-7H2,1H3,(H2,21,22,23,25). The molecule has 0 radical (unpaired) electrons. The molecule has 3 N–H and O–H groups in total. The summed E-state index contributed by atoms with van der Waals surface area (Å²) in [5.41, 5.74) is 0.203. The van der Waals surface area contributed by atoms with Crippen LogP contribution in [0.2, 0.25) is 0 Å². The second-order valence-corrected chi connectivity index (χ2v) is 5.45. The Balaban J connectivity index is 2.21. The van der Waals surface area contributed by atoms with Gasteiger partial charge in [0.15, 0.2) is 5.96 Å². The number of methoxy groups -OCH3 is 1. The summed E-state index contributed by atoms with van der Waals surface area (Å²) >= 11 is 0.